The van der Waals surface area contributed by atoms with E-state index in [1.165, 1.54) is 11.9 Å². The van der Waals surface area contributed by atoms with Crippen LogP contribution in [0.4, 0.5) is 0 Å². The van der Waals surface area contributed by atoms with Gasteiger partial charge in [-0.05, 0) is 74.0 Å². The fourth-order valence-electron chi connectivity index (χ4n) is 5.01. The number of aliphatic imine (C=N–C) groups is 1. The van der Waals surface area contributed by atoms with Crippen LogP contribution in [0.3, 0.4) is 0 Å². The lowest BCUT2D eigenvalue weighted by Gasteiger charge is -2.30. The van der Waals surface area contributed by atoms with Crippen molar-refractivity contribution in [3.05, 3.63) is 102 Å². The molecule has 0 aromatic heterocycles. The van der Waals surface area contributed by atoms with Crippen molar-refractivity contribution in [1.29, 1.82) is 0 Å². The van der Waals surface area contributed by atoms with Crippen molar-refractivity contribution < 1.29 is 23.9 Å². The molecule has 0 saturated heterocycles. The molecule has 3 atom stereocenters. The summed E-state index contributed by atoms with van der Waals surface area (Å²) in [6.07, 6.45) is 1.98. The molecule has 10 N–H and O–H groups in total. The second-order valence-corrected chi connectivity index (χ2v) is 11.3. The molecule has 48 heavy (non-hydrogen) atoms. The maximum atomic E-state index is 13.8. The number of likely N-dealkylation sites (N-methyl/N-ethyl adjacent to an activating group) is 1. The van der Waals surface area contributed by atoms with Crippen molar-refractivity contribution in [2.24, 2.45) is 27.9 Å². The van der Waals surface area contributed by atoms with Gasteiger partial charge in [0.2, 0.25) is 17.7 Å². The molecule has 13 nitrogen and oxygen atoms in total. The Morgan fingerprint density at radius 3 is 2.04 bits per heavy atom. The topological polar surface area (TPSA) is 221 Å². The molecule has 0 bridgehead atoms. The number of rotatable bonds is 19. The molecule has 0 heterocycles. The third-order valence-corrected chi connectivity index (χ3v) is 7.65. The van der Waals surface area contributed by atoms with Crippen LogP contribution in [0.2, 0.25) is 0 Å². The van der Waals surface area contributed by atoms with Crippen LogP contribution in [0.15, 0.2) is 89.9 Å². The summed E-state index contributed by atoms with van der Waals surface area (Å²) >= 11 is 0. The Bertz CT molecular complexity index is 1500. The average molecular weight is 659 g/mol. The highest BCUT2D eigenvalue weighted by Crippen LogP contribution is 2.20. The van der Waals surface area contributed by atoms with Crippen molar-refractivity contribution in [3.63, 3.8) is 0 Å². The zero-order valence-corrected chi connectivity index (χ0v) is 27.2. The van der Waals surface area contributed by atoms with Crippen LogP contribution in [0.25, 0.3) is 0 Å². The molecule has 3 aromatic carbocycles. The molecule has 0 unspecified atom stereocenters. The van der Waals surface area contributed by atoms with Gasteiger partial charge in [0.05, 0.1) is 0 Å². The van der Waals surface area contributed by atoms with Crippen molar-refractivity contribution >= 4 is 29.6 Å². The third kappa shape index (κ3) is 11.7. The summed E-state index contributed by atoms with van der Waals surface area (Å²) in [6, 6.07) is 21.7. The van der Waals surface area contributed by atoms with Gasteiger partial charge in [-0.15, -0.1) is 0 Å². The molecule has 0 aliphatic carbocycles. The summed E-state index contributed by atoms with van der Waals surface area (Å²) in [4.78, 5) is 58.6. The number of hydrogen-bond acceptors (Lipinski definition) is 7. The molecule has 0 radical (unpaired) electrons. The van der Waals surface area contributed by atoms with Crippen molar-refractivity contribution in [2.75, 3.05) is 20.1 Å². The minimum absolute atomic E-state index is 0.0836. The number of carbonyl (C=O) groups is 4. The number of nitrogens with one attached hydrogen (secondary N) is 2. The van der Waals surface area contributed by atoms with Crippen LogP contribution in [-0.2, 0) is 21.0 Å². The lowest BCUT2D eigenvalue weighted by Crippen LogP contribution is -2.55. The van der Waals surface area contributed by atoms with E-state index in [2.05, 4.69) is 15.6 Å². The van der Waals surface area contributed by atoms with Crippen LogP contribution in [0.5, 0.6) is 5.75 Å². The smallest absolute Gasteiger partial charge is 0.254 e. The summed E-state index contributed by atoms with van der Waals surface area (Å²) in [5.74, 6) is -1.81. The van der Waals surface area contributed by atoms with E-state index < -0.39 is 35.8 Å². The van der Waals surface area contributed by atoms with Gasteiger partial charge >= 0.3 is 0 Å². The molecule has 4 amide bonds. The molecular weight excluding hydrogens is 612 g/mol. The van der Waals surface area contributed by atoms with Crippen molar-refractivity contribution in [1.82, 2.24) is 15.5 Å². The molecule has 0 spiro atoms. The van der Waals surface area contributed by atoms with Crippen LogP contribution in [0, 0.1) is 0 Å². The number of unbranched alkanes of at least 4 members (excludes halogenated alkanes) is 1. The first-order valence-electron chi connectivity index (χ1n) is 15.8. The fourth-order valence-corrected chi connectivity index (χ4v) is 5.01. The zero-order valence-electron chi connectivity index (χ0n) is 27.2. The Hall–Kier alpha value is -5.43. The lowest BCUT2D eigenvalue weighted by atomic mass is 10.0. The molecule has 13 heteroatoms. The molecule has 0 fully saturated rings. The normalized spacial score (nSPS) is 12.5. The largest absolute Gasteiger partial charge is 0.489 e. The Kier molecular flexibility index (Phi) is 14.9. The number of amides is 4. The fraction of sp³-hybridized carbons (Fsp3) is 0.343. The summed E-state index contributed by atoms with van der Waals surface area (Å²) < 4.78 is 5.83. The minimum Gasteiger partial charge on any atom is -0.489 e. The number of nitrogens with zero attached hydrogens (tertiary/aromatic N) is 2. The number of guanidine groups is 1. The Labute approximate surface area is 281 Å². The van der Waals surface area contributed by atoms with E-state index >= 15 is 0 Å². The Morgan fingerprint density at radius 2 is 1.44 bits per heavy atom. The van der Waals surface area contributed by atoms with E-state index in [1.54, 1.807) is 54.6 Å². The number of primary amides is 1. The standard InChI is InChI=1S/C35H46N8O5/c1-43(34(47)26-13-6-3-7-14-26)29(16-10-22-40-35(38)39)33(46)41-28(15-8-9-21-36)32(45)42-30(31(37)44)25-17-19-27(20-18-25)48-23-24-11-4-2-5-12-24/h2-7,11-14,17-20,28-30H,8-10,15-16,21-23,36H2,1H3,(H2,37,44)(H,41,46)(H,42,45)(H4,38,39,40)/t28-,29-,30+/m0/s1. The van der Waals surface area contributed by atoms with Gasteiger partial charge < -0.3 is 43.2 Å². The predicted molar refractivity (Wildman–Crippen MR) is 184 cm³/mol. The molecule has 3 rings (SSSR count). The van der Waals surface area contributed by atoms with Gasteiger partial charge in [-0.2, -0.15) is 0 Å². The first kappa shape index (κ1) is 37.0. The van der Waals surface area contributed by atoms with E-state index in [0.29, 0.717) is 49.3 Å². The molecule has 256 valence electrons. The summed E-state index contributed by atoms with van der Waals surface area (Å²) in [5.41, 5.74) is 24.1. The van der Waals surface area contributed by atoms with Gasteiger partial charge in [-0.1, -0.05) is 60.7 Å². The number of hydrogen-bond donors (Lipinski definition) is 6. The van der Waals surface area contributed by atoms with Gasteiger partial charge in [0, 0.05) is 19.2 Å². The van der Waals surface area contributed by atoms with Crippen LogP contribution in [0.1, 0.15) is 59.6 Å². The number of benzene rings is 3. The number of nitrogens with two attached hydrogens (primary N) is 4. The first-order chi connectivity index (χ1) is 23.1. The van der Waals surface area contributed by atoms with Gasteiger partial charge in [0.15, 0.2) is 5.96 Å². The van der Waals surface area contributed by atoms with Gasteiger partial charge in [-0.3, -0.25) is 24.2 Å². The second kappa shape index (κ2) is 19.3. The van der Waals surface area contributed by atoms with Crippen molar-refractivity contribution in [3.8, 4) is 5.75 Å². The van der Waals surface area contributed by atoms with Gasteiger partial charge in [0.25, 0.3) is 5.91 Å². The van der Waals surface area contributed by atoms with Crippen molar-refractivity contribution in [2.45, 2.75) is 56.8 Å². The highest BCUT2D eigenvalue weighted by molar-refractivity contribution is 5.98. The van der Waals surface area contributed by atoms with Crippen LogP contribution in [-0.4, -0.2) is 66.7 Å². The molecule has 0 saturated carbocycles. The Morgan fingerprint density at radius 1 is 0.792 bits per heavy atom. The van der Waals surface area contributed by atoms with Gasteiger partial charge in [-0.25, -0.2) is 0 Å². The van der Waals surface area contributed by atoms with E-state index in [-0.39, 0.29) is 31.3 Å². The SMILES string of the molecule is CN(C(=O)c1ccccc1)[C@@H](CCCN=C(N)N)C(=O)N[C@@H](CCCCN)C(=O)N[C@@H](C(N)=O)c1ccc(OCc2ccccc2)cc1. The first-order valence-corrected chi connectivity index (χ1v) is 15.8. The third-order valence-electron chi connectivity index (χ3n) is 7.65. The van der Waals surface area contributed by atoms with Crippen LogP contribution >= 0.6 is 0 Å². The number of ether oxygens (including phenoxy) is 1. The van der Waals surface area contributed by atoms with Gasteiger partial charge in [0.1, 0.15) is 30.5 Å². The Balaban J connectivity index is 1.76. The molecule has 0 aliphatic rings. The summed E-state index contributed by atoms with van der Waals surface area (Å²) in [6.45, 7) is 1.00. The average Bonchev–Trinajstić information content (AvgIpc) is 3.09. The second-order valence-electron chi connectivity index (χ2n) is 11.3. The zero-order chi connectivity index (χ0) is 34.9. The van der Waals surface area contributed by atoms with Crippen LogP contribution < -0.4 is 38.3 Å². The summed E-state index contributed by atoms with van der Waals surface area (Å²) in [7, 11) is 1.53. The highest BCUT2D eigenvalue weighted by Gasteiger charge is 2.32. The molecule has 3 aromatic rings. The lowest BCUT2D eigenvalue weighted by molar-refractivity contribution is -0.133. The van der Waals surface area contributed by atoms with E-state index in [9.17, 15) is 19.2 Å². The maximum Gasteiger partial charge on any atom is 0.254 e. The predicted octanol–water partition coefficient (Wildman–Crippen LogP) is 1.72. The quantitative estimate of drug-likeness (QED) is 0.0631. The minimum atomic E-state index is -1.17. The van der Waals surface area contributed by atoms with E-state index in [4.69, 9.17) is 27.7 Å². The monoisotopic (exact) mass is 658 g/mol. The molecular formula is C35H46N8O5. The summed E-state index contributed by atoms with van der Waals surface area (Å²) in [5, 5.41) is 5.50. The molecule has 0 aliphatic heterocycles. The number of carbonyl (C=O) groups excluding carboxylic acids is 4. The van der Waals surface area contributed by atoms with E-state index in [0.717, 1.165) is 5.56 Å². The van der Waals surface area contributed by atoms with E-state index in [1.807, 2.05) is 30.3 Å². The highest BCUT2D eigenvalue weighted by atomic mass is 16.5. The maximum absolute atomic E-state index is 13.8.